The van der Waals surface area contributed by atoms with Gasteiger partial charge in [-0.1, -0.05) is 36.7 Å². The minimum absolute atomic E-state index is 0.606. The molecular weight excluding hydrogens is 344 g/mol. The number of hydrogen-bond donors (Lipinski definition) is 0. The van der Waals surface area contributed by atoms with Crippen molar-refractivity contribution in [2.24, 2.45) is 13.0 Å². The summed E-state index contributed by atoms with van der Waals surface area (Å²) < 4.78 is 3.21. The normalized spacial score (nSPS) is 13.4. The summed E-state index contributed by atoms with van der Waals surface area (Å²) in [4.78, 5) is 0.606. The molecule has 0 aliphatic rings. The van der Waals surface area contributed by atoms with Crippen LogP contribution in [0.4, 0.5) is 0 Å². The van der Waals surface area contributed by atoms with E-state index in [1.54, 1.807) is 0 Å². The fourth-order valence-electron chi connectivity index (χ4n) is 2.01. The van der Waals surface area contributed by atoms with E-state index >= 15 is 0 Å². The molecule has 0 fully saturated rings. The molecule has 1 atom stereocenters. The van der Waals surface area contributed by atoms with Crippen LogP contribution in [0.5, 0.6) is 0 Å². The quantitative estimate of drug-likeness (QED) is 0.679. The van der Waals surface area contributed by atoms with Gasteiger partial charge in [-0.25, -0.2) is 0 Å². The van der Waals surface area contributed by atoms with Crippen LogP contribution in [0.3, 0.4) is 0 Å². The van der Waals surface area contributed by atoms with Gasteiger partial charge in [-0.05, 0) is 47.5 Å². The number of nitrogens with zero attached hydrogens (tertiary/aromatic N) is 2. The minimum Gasteiger partial charge on any atom is -0.271 e. The summed E-state index contributed by atoms with van der Waals surface area (Å²) in [5.41, 5.74) is 2.48. The Labute approximate surface area is 121 Å². The molecule has 0 aliphatic carbocycles. The maximum absolute atomic E-state index is 4.52. The Morgan fingerprint density at radius 3 is 2.47 bits per heavy atom. The van der Waals surface area contributed by atoms with Gasteiger partial charge in [0, 0.05) is 11.9 Å². The Morgan fingerprint density at radius 1 is 1.35 bits per heavy atom. The molecule has 0 aromatic carbocycles. The van der Waals surface area contributed by atoms with Gasteiger partial charge in [0.1, 0.15) is 0 Å². The van der Waals surface area contributed by atoms with E-state index in [0.29, 0.717) is 4.83 Å². The molecule has 0 aliphatic heterocycles. The second-order valence-electron chi connectivity index (χ2n) is 4.95. The standard InChI is InChI=1S/C13H22Br2N2/c1-5-11-13(15)12(17(4)16-11)7-6-10(14)8-9(2)3/h9-10H,5-8H2,1-4H3. The van der Waals surface area contributed by atoms with Crippen molar-refractivity contribution in [2.75, 3.05) is 0 Å². The van der Waals surface area contributed by atoms with E-state index in [1.807, 2.05) is 11.7 Å². The van der Waals surface area contributed by atoms with E-state index in [1.165, 1.54) is 23.0 Å². The molecule has 2 nitrogen and oxygen atoms in total. The molecule has 0 saturated carbocycles. The minimum atomic E-state index is 0.606. The molecule has 0 N–H and O–H groups in total. The van der Waals surface area contributed by atoms with Crippen LogP contribution in [-0.4, -0.2) is 14.6 Å². The van der Waals surface area contributed by atoms with E-state index in [9.17, 15) is 0 Å². The third-order valence-electron chi connectivity index (χ3n) is 2.92. The lowest BCUT2D eigenvalue weighted by molar-refractivity contribution is 0.547. The van der Waals surface area contributed by atoms with Gasteiger partial charge in [0.05, 0.1) is 15.9 Å². The van der Waals surface area contributed by atoms with Gasteiger partial charge >= 0.3 is 0 Å². The van der Waals surface area contributed by atoms with Crippen molar-refractivity contribution in [1.82, 2.24) is 9.78 Å². The fourth-order valence-corrected chi connectivity index (χ4v) is 3.81. The number of halogens is 2. The van der Waals surface area contributed by atoms with Crippen molar-refractivity contribution in [3.8, 4) is 0 Å². The number of aryl methyl sites for hydroxylation is 2. The number of hydrogen-bond acceptors (Lipinski definition) is 1. The molecule has 98 valence electrons. The predicted octanol–water partition coefficient (Wildman–Crippen LogP) is 4.49. The van der Waals surface area contributed by atoms with Crippen LogP contribution >= 0.6 is 31.9 Å². The summed E-state index contributed by atoms with van der Waals surface area (Å²) in [7, 11) is 2.03. The highest BCUT2D eigenvalue weighted by Crippen LogP contribution is 2.25. The maximum Gasteiger partial charge on any atom is 0.0766 e. The van der Waals surface area contributed by atoms with Crippen LogP contribution in [0.25, 0.3) is 0 Å². The molecule has 0 radical (unpaired) electrons. The third kappa shape index (κ3) is 4.40. The van der Waals surface area contributed by atoms with Crippen molar-refractivity contribution < 1.29 is 0 Å². The lowest BCUT2D eigenvalue weighted by atomic mass is 10.0. The highest BCUT2D eigenvalue weighted by Gasteiger charge is 2.14. The molecule has 1 heterocycles. The van der Waals surface area contributed by atoms with Gasteiger partial charge in [0.25, 0.3) is 0 Å². The average Bonchev–Trinajstić information content (AvgIpc) is 2.50. The van der Waals surface area contributed by atoms with Crippen molar-refractivity contribution in [3.63, 3.8) is 0 Å². The summed E-state index contributed by atoms with van der Waals surface area (Å²) >= 11 is 7.43. The van der Waals surface area contributed by atoms with E-state index in [0.717, 1.165) is 24.5 Å². The van der Waals surface area contributed by atoms with Gasteiger partial charge in [0.2, 0.25) is 0 Å². The molecule has 1 aromatic rings. The predicted molar refractivity (Wildman–Crippen MR) is 80.8 cm³/mol. The number of rotatable bonds is 6. The molecule has 4 heteroatoms. The topological polar surface area (TPSA) is 17.8 Å². The Kier molecular flexibility index (Phi) is 6.21. The van der Waals surface area contributed by atoms with E-state index in [2.05, 4.69) is 57.7 Å². The van der Waals surface area contributed by atoms with Crippen LogP contribution in [0.2, 0.25) is 0 Å². The molecule has 0 bridgehead atoms. The van der Waals surface area contributed by atoms with E-state index in [-0.39, 0.29) is 0 Å². The monoisotopic (exact) mass is 364 g/mol. The molecule has 0 saturated heterocycles. The second-order valence-corrected chi connectivity index (χ2v) is 7.04. The maximum atomic E-state index is 4.52. The largest absolute Gasteiger partial charge is 0.271 e. The Bertz CT molecular complexity index is 359. The first kappa shape index (κ1) is 15.2. The van der Waals surface area contributed by atoms with E-state index in [4.69, 9.17) is 0 Å². The Morgan fingerprint density at radius 2 is 2.00 bits per heavy atom. The molecule has 0 spiro atoms. The highest BCUT2D eigenvalue weighted by molar-refractivity contribution is 9.10. The molecule has 1 aromatic heterocycles. The average molecular weight is 366 g/mol. The second kappa shape index (κ2) is 6.93. The van der Waals surface area contributed by atoms with Crippen LogP contribution in [0, 0.1) is 5.92 Å². The first-order valence-electron chi connectivity index (χ1n) is 6.30. The molecule has 1 rings (SSSR count). The first-order chi connectivity index (χ1) is 7.95. The molecular formula is C13H22Br2N2. The smallest absolute Gasteiger partial charge is 0.0766 e. The highest BCUT2D eigenvalue weighted by atomic mass is 79.9. The van der Waals surface area contributed by atoms with Gasteiger partial charge < -0.3 is 0 Å². The third-order valence-corrected chi connectivity index (χ3v) is 4.67. The van der Waals surface area contributed by atoms with Crippen molar-refractivity contribution in [3.05, 3.63) is 15.9 Å². The first-order valence-corrected chi connectivity index (χ1v) is 8.00. The Hall–Kier alpha value is 0.170. The summed E-state index contributed by atoms with van der Waals surface area (Å²) in [6.07, 6.45) is 4.46. The van der Waals surface area contributed by atoms with Gasteiger partial charge in [0.15, 0.2) is 0 Å². The lowest BCUT2D eigenvalue weighted by Crippen LogP contribution is -2.07. The number of aromatic nitrogens is 2. The summed E-state index contributed by atoms with van der Waals surface area (Å²) in [6.45, 7) is 6.68. The van der Waals surface area contributed by atoms with Gasteiger partial charge in [-0.2, -0.15) is 5.10 Å². The summed E-state index contributed by atoms with van der Waals surface area (Å²) in [5, 5.41) is 4.52. The zero-order valence-electron chi connectivity index (χ0n) is 11.1. The summed E-state index contributed by atoms with van der Waals surface area (Å²) in [5.74, 6) is 0.751. The molecule has 1 unspecified atom stereocenters. The van der Waals surface area contributed by atoms with Gasteiger partial charge in [-0.15, -0.1) is 0 Å². The van der Waals surface area contributed by atoms with Crippen LogP contribution < -0.4 is 0 Å². The van der Waals surface area contributed by atoms with Crippen molar-refractivity contribution >= 4 is 31.9 Å². The van der Waals surface area contributed by atoms with Crippen LogP contribution in [0.1, 0.15) is 45.0 Å². The van der Waals surface area contributed by atoms with Gasteiger partial charge in [-0.3, -0.25) is 4.68 Å². The zero-order chi connectivity index (χ0) is 13.0. The summed E-state index contributed by atoms with van der Waals surface area (Å²) in [6, 6.07) is 0. The molecule has 0 amide bonds. The number of alkyl halides is 1. The van der Waals surface area contributed by atoms with Crippen molar-refractivity contribution in [2.45, 2.75) is 51.3 Å². The van der Waals surface area contributed by atoms with E-state index < -0.39 is 0 Å². The van der Waals surface area contributed by atoms with Crippen molar-refractivity contribution in [1.29, 1.82) is 0 Å². The van der Waals surface area contributed by atoms with Crippen LogP contribution in [-0.2, 0) is 19.9 Å². The zero-order valence-corrected chi connectivity index (χ0v) is 14.3. The van der Waals surface area contributed by atoms with Crippen LogP contribution in [0.15, 0.2) is 4.47 Å². The lowest BCUT2D eigenvalue weighted by Gasteiger charge is -2.12. The SMILES string of the molecule is CCc1nn(C)c(CCC(Br)CC(C)C)c1Br. The fraction of sp³-hybridized carbons (Fsp3) is 0.769. The molecule has 17 heavy (non-hydrogen) atoms. The Balaban J connectivity index is 2.60.